The highest BCUT2D eigenvalue weighted by Crippen LogP contribution is 2.26. The number of anilines is 1. The Bertz CT molecular complexity index is 706. The van der Waals surface area contributed by atoms with Gasteiger partial charge in [0.1, 0.15) is 6.04 Å². The summed E-state index contributed by atoms with van der Waals surface area (Å²) in [7, 11) is 3.67. The molecule has 1 amide bonds. The monoisotopic (exact) mass is 337 g/mol. The highest BCUT2D eigenvalue weighted by molar-refractivity contribution is 5.83. The first-order valence-electron chi connectivity index (χ1n) is 8.88. The van der Waals surface area contributed by atoms with Crippen molar-refractivity contribution in [3.8, 4) is 0 Å². The lowest BCUT2D eigenvalue weighted by Gasteiger charge is -2.40. The fourth-order valence-electron chi connectivity index (χ4n) is 3.53. The van der Waals surface area contributed by atoms with Crippen LogP contribution in [-0.2, 0) is 4.79 Å². The number of hydrogen-bond donors (Lipinski definition) is 0. The fourth-order valence-corrected chi connectivity index (χ4v) is 3.53. The number of benzene rings is 2. The third-order valence-corrected chi connectivity index (χ3v) is 4.93. The largest absolute Gasteiger partial charge is 0.369 e. The maximum absolute atomic E-state index is 12.8. The lowest BCUT2D eigenvalue weighted by Crippen LogP contribution is -2.51. The molecule has 3 rings (SSSR count). The van der Waals surface area contributed by atoms with Gasteiger partial charge in [-0.15, -0.1) is 0 Å². The Kier molecular flexibility index (Phi) is 5.39. The van der Waals surface area contributed by atoms with E-state index >= 15 is 0 Å². The Balaban J connectivity index is 1.76. The van der Waals surface area contributed by atoms with Gasteiger partial charge in [0.05, 0.1) is 0 Å². The Morgan fingerprint density at radius 2 is 1.52 bits per heavy atom. The van der Waals surface area contributed by atoms with Gasteiger partial charge in [0, 0.05) is 46.0 Å². The molecule has 1 saturated heterocycles. The molecule has 1 atom stereocenters. The van der Waals surface area contributed by atoms with E-state index < -0.39 is 0 Å². The lowest BCUT2D eigenvalue weighted by atomic mass is 10.0. The molecule has 0 radical (unpaired) electrons. The van der Waals surface area contributed by atoms with Crippen molar-refractivity contribution in [2.24, 2.45) is 0 Å². The van der Waals surface area contributed by atoms with Crippen LogP contribution in [0.15, 0.2) is 54.6 Å². The van der Waals surface area contributed by atoms with Gasteiger partial charge in [0.15, 0.2) is 0 Å². The maximum Gasteiger partial charge on any atom is 0.244 e. The van der Waals surface area contributed by atoms with Gasteiger partial charge in [-0.2, -0.15) is 0 Å². The van der Waals surface area contributed by atoms with Crippen molar-refractivity contribution in [1.29, 1.82) is 0 Å². The number of carbonyl (C=O) groups excluding carboxylic acids is 1. The second-order valence-electron chi connectivity index (χ2n) is 6.86. The number of aryl methyl sites for hydroxylation is 1. The van der Waals surface area contributed by atoms with Crippen molar-refractivity contribution in [1.82, 2.24) is 9.80 Å². The molecule has 1 aliphatic heterocycles. The van der Waals surface area contributed by atoms with Crippen LogP contribution in [0.1, 0.15) is 17.2 Å². The predicted octanol–water partition coefficient (Wildman–Crippen LogP) is 2.95. The zero-order chi connectivity index (χ0) is 17.8. The van der Waals surface area contributed by atoms with Crippen LogP contribution in [0.3, 0.4) is 0 Å². The minimum Gasteiger partial charge on any atom is -0.369 e. The highest BCUT2D eigenvalue weighted by atomic mass is 16.2. The van der Waals surface area contributed by atoms with Crippen LogP contribution in [-0.4, -0.2) is 56.0 Å². The molecule has 0 spiro atoms. The van der Waals surface area contributed by atoms with Crippen molar-refractivity contribution in [3.63, 3.8) is 0 Å². The van der Waals surface area contributed by atoms with Crippen LogP contribution in [0.25, 0.3) is 0 Å². The molecule has 0 unspecified atom stereocenters. The van der Waals surface area contributed by atoms with Crippen molar-refractivity contribution < 1.29 is 4.79 Å². The van der Waals surface area contributed by atoms with E-state index in [9.17, 15) is 4.79 Å². The molecule has 4 nitrogen and oxygen atoms in total. The standard InChI is InChI=1S/C21H27N3O/c1-17-9-7-8-12-19(17)23-13-15-24(16-14-23)20(21(25)22(2)3)18-10-5-4-6-11-18/h4-12,20H,13-16H2,1-3H3/t20-/m0/s1. The van der Waals surface area contributed by atoms with Gasteiger partial charge in [0.25, 0.3) is 0 Å². The number of nitrogens with zero attached hydrogens (tertiary/aromatic N) is 3. The number of amides is 1. The van der Waals surface area contributed by atoms with E-state index in [4.69, 9.17) is 0 Å². The molecule has 0 aliphatic carbocycles. The summed E-state index contributed by atoms with van der Waals surface area (Å²) in [6.45, 7) is 5.80. The van der Waals surface area contributed by atoms with E-state index in [0.29, 0.717) is 0 Å². The van der Waals surface area contributed by atoms with E-state index in [-0.39, 0.29) is 11.9 Å². The van der Waals surface area contributed by atoms with Crippen LogP contribution in [0.4, 0.5) is 5.69 Å². The van der Waals surface area contributed by atoms with Gasteiger partial charge in [0.2, 0.25) is 5.91 Å². The average molecular weight is 337 g/mol. The topological polar surface area (TPSA) is 26.8 Å². The quantitative estimate of drug-likeness (QED) is 0.858. The molecular formula is C21H27N3O. The van der Waals surface area contributed by atoms with Crippen LogP contribution < -0.4 is 4.90 Å². The molecule has 1 fully saturated rings. The molecule has 1 aliphatic rings. The summed E-state index contributed by atoms with van der Waals surface area (Å²) >= 11 is 0. The number of rotatable bonds is 4. The first kappa shape index (κ1) is 17.5. The fraction of sp³-hybridized carbons (Fsp3) is 0.381. The van der Waals surface area contributed by atoms with Crippen LogP contribution >= 0.6 is 0 Å². The van der Waals surface area contributed by atoms with Gasteiger partial charge < -0.3 is 9.80 Å². The summed E-state index contributed by atoms with van der Waals surface area (Å²) < 4.78 is 0. The third-order valence-electron chi connectivity index (χ3n) is 4.93. The van der Waals surface area contributed by atoms with E-state index in [2.05, 4.69) is 53.1 Å². The number of para-hydroxylation sites is 1. The van der Waals surface area contributed by atoms with E-state index in [1.54, 1.807) is 4.90 Å². The van der Waals surface area contributed by atoms with Gasteiger partial charge in [-0.25, -0.2) is 0 Å². The SMILES string of the molecule is Cc1ccccc1N1CCN([C@H](C(=O)N(C)C)c2ccccc2)CC1. The molecule has 1 heterocycles. The van der Waals surface area contributed by atoms with E-state index in [1.807, 2.05) is 32.3 Å². The third kappa shape index (κ3) is 3.85. The van der Waals surface area contributed by atoms with Crippen molar-refractivity contribution >= 4 is 11.6 Å². The molecule has 2 aromatic carbocycles. The smallest absolute Gasteiger partial charge is 0.244 e. The number of piperazine rings is 1. The molecule has 2 aromatic rings. The Morgan fingerprint density at radius 3 is 2.12 bits per heavy atom. The summed E-state index contributed by atoms with van der Waals surface area (Å²) in [6.07, 6.45) is 0. The van der Waals surface area contributed by atoms with Crippen molar-refractivity contribution in [3.05, 3.63) is 65.7 Å². The summed E-state index contributed by atoms with van der Waals surface area (Å²) in [5.74, 6) is 0.149. The Labute approximate surface area is 150 Å². The van der Waals surface area contributed by atoms with Gasteiger partial charge in [-0.3, -0.25) is 9.69 Å². The molecule has 25 heavy (non-hydrogen) atoms. The number of likely N-dealkylation sites (N-methyl/N-ethyl adjacent to an activating group) is 1. The van der Waals surface area contributed by atoms with Crippen LogP contribution in [0, 0.1) is 6.92 Å². The first-order valence-corrected chi connectivity index (χ1v) is 8.88. The molecule has 0 N–H and O–H groups in total. The van der Waals surface area contributed by atoms with E-state index in [0.717, 1.165) is 31.7 Å². The summed E-state index contributed by atoms with van der Waals surface area (Å²) in [4.78, 5) is 19.3. The predicted molar refractivity (Wildman–Crippen MR) is 103 cm³/mol. The summed E-state index contributed by atoms with van der Waals surface area (Å²) in [5, 5.41) is 0. The number of carbonyl (C=O) groups is 1. The Hall–Kier alpha value is -2.33. The zero-order valence-corrected chi connectivity index (χ0v) is 15.4. The zero-order valence-electron chi connectivity index (χ0n) is 15.4. The summed E-state index contributed by atoms with van der Waals surface area (Å²) in [6, 6.07) is 18.4. The molecule has 0 bridgehead atoms. The second-order valence-corrected chi connectivity index (χ2v) is 6.86. The minimum absolute atomic E-state index is 0.149. The molecule has 4 heteroatoms. The van der Waals surface area contributed by atoms with Crippen LogP contribution in [0.2, 0.25) is 0 Å². The van der Waals surface area contributed by atoms with E-state index in [1.165, 1.54) is 11.3 Å². The average Bonchev–Trinajstić information content (AvgIpc) is 2.64. The van der Waals surface area contributed by atoms with Crippen molar-refractivity contribution in [2.45, 2.75) is 13.0 Å². The van der Waals surface area contributed by atoms with Crippen molar-refractivity contribution in [2.75, 3.05) is 45.2 Å². The normalized spacial score (nSPS) is 16.5. The van der Waals surface area contributed by atoms with Gasteiger partial charge in [-0.05, 0) is 24.1 Å². The Morgan fingerprint density at radius 1 is 0.920 bits per heavy atom. The maximum atomic E-state index is 12.8. The summed E-state index contributed by atoms with van der Waals surface area (Å²) in [5.41, 5.74) is 3.68. The van der Waals surface area contributed by atoms with Gasteiger partial charge in [-0.1, -0.05) is 48.5 Å². The lowest BCUT2D eigenvalue weighted by molar-refractivity contribution is -0.134. The first-order chi connectivity index (χ1) is 12.1. The second kappa shape index (κ2) is 7.70. The molecular weight excluding hydrogens is 310 g/mol. The molecule has 132 valence electrons. The highest BCUT2D eigenvalue weighted by Gasteiger charge is 2.31. The number of hydrogen-bond acceptors (Lipinski definition) is 3. The minimum atomic E-state index is -0.199. The molecule has 0 aromatic heterocycles. The van der Waals surface area contributed by atoms with Crippen LogP contribution in [0.5, 0.6) is 0 Å². The van der Waals surface area contributed by atoms with Gasteiger partial charge >= 0.3 is 0 Å². The molecule has 0 saturated carbocycles.